The summed E-state index contributed by atoms with van der Waals surface area (Å²) >= 11 is 0. The molecular weight excluding hydrogens is 206 g/mol. The molecule has 1 aromatic rings. The molecule has 0 bridgehead atoms. The van der Waals surface area contributed by atoms with Crippen LogP contribution < -0.4 is 5.73 Å². The van der Waals surface area contributed by atoms with Gasteiger partial charge in [-0.25, -0.2) is 0 Å². The molecule has 0 radical (unpaired) electrons. The van der Waals surface area contributed by atoms with Crippen molar-refractivity contribution < 1.29 is 4.92 Å². The largest absolute Gasteiger partial charge is 0.327 e. The van der Waals surface area contributed by atoms with Crippen LogP contribution in [0.5, 0.6) is 0 Å². The minimum Gasteiger partial charge on any atom is -0.327 e. The zero-order chi connectivity index (χ0) is 12.3. The zero-order valence-electron chi connectivity index (χ0n) is 9.80. The van der Waals surface area contributed by atoms with Crippen LogP contribution >= 0.6 is 0 Å². The van der Waals surface area contributed by atoms with Crippen molar-refractivity contribution >= 4 is 5.69 Å². The lowest BCUT2D eigenvalue weighted by molar-refractivity contribution is -0.385. The number of nitrogens with zero attached hydrogens (tertiary/aromatic N) is 2. The van der Waals surface area contributed by atoms with E-state index in [-0.39, 0.29) is 17.6 Å². The van der Waals surface area contributed by atoms with Crippen LogP contribution in [-0.4, -0.2) is 15.9 Å². The van der Waals surface area contributed by atoms with Gasteiger partial charge in [0.25, 0.3) is 5.69 Å². The second-order valence-corrected chi connectivity index (χ2v) is 3.96. The quantitative estimate of drug-likeness (QED) is 0.626. The lowest BCUT2D eigenvalue weighted by Gasteiger charge is -2.17. The zero-order valence-corrected chi connectivity index (χ0v) is 9.80. The van der Waals surface area contributed by atoms with Crippen LogP contribution in [0.2, 0.25) is 0 Å². The van der Waals surface area contributed by atoms with Crippen molar-refractivity contribution in [2.45, 2.75) is 39.2 Å². The van der Waals surface area contributed by atoms with Crippen molar-refractivity contribution in [2.24, 2.45) is 5.73 Å². The highest BCUT2D eigenvalue weighted by atomic mass is 16.6. The molecule has 2 atom stereocenters. The predicted octanol–water partition coefficient (Wildman–Crippen LogP) is 2.14. The van der Waals surface area contributed by atoms with Crippen molar-refractivity contribution in [2.75, 3.05) is 0 Å². The van der Waals surface area contributed by atoms with Crippen molar-refractivity contribution in [1.29, 1.82) is 0 Å². The molecule has 0 fully saturated rings. The Morgan fingerprint density at radius 3 is 2.62 bits per heavy atom. The summed E-state index contributed by atoms with van der Waals surface area (Å²) in [6, 6.07) is 3.22. The summed E-state index contributed by atoms with van der Waals surface area (Å²) < 4.78 is 0. The highest BCUT2D eigenvalue weighted by Crippen LogP contribution is 2.22. The van der Waals surface area contributed by atoms with E-state index in [2.05, 4.69) is 4.98 Å². The summed E-state index contributed by atoms with van der Waals surface area (Å²) in [5.41, 5.74) is 7.24. The first-order valence-corrected chi connectivity index (χ1v) is 5.34. The van der Waals surface area contributed by atoms with Gasteiger partial charge in [0.05, 0.1) is 4.92 Å². The van der Waals surface area contributed by atoms with Crippen molar-refractivity contribution in [3.05, 3.63) is 33.6 Å². The van der Waals surface area contributed by atoms with Gasteiger partial charge in [-0.15, -0.1) is 0 Å². The number of aromatic nitrogens is 1. The van der Waals surface area contributed by atoms with Crippen LogP contribution in [-0.2, 0) is 0 Å². The molecule has 1 rings (SSSR count). The van der Waals surface area contributed by atoms with E-state index in [0.717, 1.165) is 12.1 Å². The fraction of sp³-hybridized carbons (Fsp3) is 0.545. The Labute approximate surface area is 94.8 Å². The fourth-order valence-corrected chi connectivity index (χ4v) is 1.59. The molecule has 1 heterocycles. The number of pyridine rings is 1. The van der Waals surface area contributed by atoms with Gasteiger partial charge in [-0.2, -0.15) is 0 Å². The maximum absolute atomic E-state index is 10.6. The monoisotopic (exact) mass is 223 g/mol. The minimum absolute atomic E-state index is 0.0355. The van der Waals surface area contributed by atoms with E-state index < -0.39 is 4.92 Å². The number of hydrogen-bond donors (Lipinski definition) is 1. The molecule has 0 saturated heterocycles. The maximum Gasteiger partial charge on any atom is 0.290 e. The SMILES string of the molecule is CCC(N)C(C)c1ccc([N+](=O)[O-])c(C)n1. The molecule has 0 aliphatic carbocycles. The molecule has 0 aliphatic heterocycles. The third-order valence-corrected chi connectivity index (χ3v) is 2.86. The maximum atomic E-state index is 10.6. The van der Waals surface area contributed by atoms with Crippen LogP contribution in [0, 0.1) is 17.0 Å². The van der Waals surface area contributed by atoms with Crippen LogP contribution in [0.4, 0.5) is 5.69 Å². The number of hydrogen-bond acceptors (Lipinski definition) is 4. The Morgan fingerprint density at radius 2 is 2.19 bits per heavy atom. The first-order chi connectivity index (χ1) is 7.47. The van der Waals surface area contributed by atoms with E-state index in [9.17, 15) is 10.1 Å². The highest BCUT2D eigenvalue weighted by molar-refractivity contribution is 5.36. The van der Waals surface area contributed by atoms with Crippen molar-refractivity contribution in [3.8, 4) is 0 Å². The molecule has 88 valence electrons. The summed E-state index contributed by atoms with van der Waals surface area (Å²) in [6.07, 6.45) is 0.860. The minimum atomic E-state index is -0.420. The van der Waals surface area contributed by atoms with Gasteiger partial charge in [-0.3, -0.25) is 15.1 Å². The van der Waals surface area contributed by atoms with Gasteiger partial charge in [0.15, 0.2) is 0 Å². The smallest absolute Gasteiger partial charge is 0.290 e. The standard InChI is InChI=1S/C11H17N3O2/c1-4-9(12)7(2)10-5-6-11(14(15)16)8(3)13-10/h5-7,9H,4,12H2,1-3H3. The fourth-order valence-electron chi connectivity index (χ4n) is 1.59. The van der Waals surface area contributed by atoms with Crippen LogP contribution in [0.25, 0.3) is 0 Å². The normalized spacial score (nSPS) is 14.5. The summed E-state index contributed by atoms with van der Waals surface area (Å²) in [5.74, 6) is 0.115. The van der Waals surface area contributed by atoms with E-state index in [4.69, 9.17) is 5.73 Å². The van der Waals surface area contributed by atoms with Crippen molar-refractivity contribution in [1.82, 2.24) is 4.98 Å². The van der Waals surface area contributed by atoms with Gasteiger partial charge >= 0.3 is 0 Å². The molecule has 1 aromatic heterocycles. The third-order valence-electron chi connectivity index (χ3n) is 2.86. The molecule has 0 spiro atoms. The molecule has 0 aliphatic rings. The Balaban J connectivity index is 3.01. The van der Waals surface area contributed by atoms with Gasteiger partial charge in [0.2, 0.25) is 0 Å². The molecule has 5 nitrogen and oxygen atoms in total. The topological polar surface area (TPSA) is 82.0 Å². The molecule has 5 heteroatoms. The first kappa shape index (κ1) is 12.6. The van der Waals surface area contributed by atoms with Gasteiger partial charge in [-0.05, 0) is 19.4 Å². The average molecular weight is 223 g/mol. The molecule has 0 amide bonds. The van der Waals surface area contributed by atoms with Gasteiger partial charge in [-0.1, -0.05) is 13.8 Å². The number of nitrogens with two attached hydrogens (primary N) is 1. The molecule has 0 saturated carbocycles. The van der Waals surface area contributed by atoms with E-state index in [1.165, 1.54) is 6.07 Å². The van der Waals surface area contributed by atoms with Crippen LogP contribution in [0.3, 0.4) is 0 Å². The highest BCUT2D eigenvalue weighted by Gasteiger charge is 2.18. The summed E-state index contributed by atoms with van der Waals surface area (Å²) in [4.78, 5) is 14.5. The first-order valence-electron chi connectivity index (χ1n) is 5.34. The van der Waals surface area contributed by atoms with Crippen LogP contribution in [0.15, 0.2) is 12.1 Å². The lowest BCUT2D eigenvalue weighted by Crippen LogP contribution is -2.26. The Bertz CT molecular complexity index is 393. The number of aryl methyl sites for hydroxylation is 1. The molecule has 2 N–H and O–H groups in total. The summed E-state index contributed by atoms with van der Waals surface area (Å²) in [7, 11) is 0. The van der Waals surface area contributed by atoms with Gasteiger partial charge in [0.1, 0.15) is 5.69 Å². The van der Waals surface area contributed by atoms with E-state index in [0.29, 0.717) is 5.69 Å². The van der Waals surface area contributed by atoms with E-state index in [1.807, 2.05) is 13.8 Å². The van der Waals surface area contributed by atoms with Gasteiger partial charge in [0, 0.05) is 23.7 Å². The number of nitro groups is 1. The second kappa shape index (κ2) is 5.03. The Kier molecular flexibility index (Phi) is 3.95. The Hall–Kier alpha value is -1.49. The predicted molar refractivity (Wildman–Crippen MR) is 62.3 cm³/mol. The second-order valence-electron chi connectivity index (χ2n) is 3.96. The van der Waals surface area contributed by atoms with E-state index >= 15 is 0 Å². The van der Waals surface area contributed by atoms with Crippen molar-refractivity contribution in [3.63, 3.8) is 0 Å². The van der Waals surface area contributed by atoms with Crippen LogP contribution in [0.1, 0.15) is 37.6 Å². The van der Waals surface area contributed by atoms with E-state index in [1.54, 1.807) is 13.0 Å². The molecule has 16 heavy (non-hydrogen) atoms. The molecule has 0 aromatic carbocycles. The third kappa shape index (κ3) is 2.55. The van der Waals surface area contributed by atoms with Gasteiger partial charge < -0.3 is 5.73 Å². The average Bonchev–Trinajstić information content (AvgIpc) is 2.26. The molecule has 2 unspecified atom stereocenters. The summed E-state index contributed by atoms with van der Waals surface area (Å²) in [5, 5.41) is 10.6. The molecular formula is C11H17N3O2. The Morgan fingerprint density at radius 1 is 1.56 bits per heavy atom. The lowest BCUT2D eigenvalue weighted by atomic mass is 9.96. The number of rotatable bonds is 4. The summed E-state index contributed by atoms with van der Waals surface area (Å²) in [6.45, 7) is 5.65.